The van der Waals surface area contributed by atoms with E-state index >= 15 is 0 Å². The van der Waals surface area contributed by atoms with Crippen molar-refractivity contribution in [3.05, 3.63) is 23.8 Å². The molecule has 0 saturated carbocycles. The summed E-state index contributed by atoms with van der Waals surface area (Å²) < 4.78 is 26.6. The van der Waals surface area contributed by atoms with Crippen LogP contribution >= 0.6 is 0 Å². The summed E-state index contributed by atoms with van der Waals surface area (Å²) in [5, 5.41) is 18.7. The van der Waals surface area contributed by atoms with Crippen LogP contribution in [0.25, 0.3) is 0 Å². The molecule has 0 amide bonds. The summed E-state index contributed by atoms with van der Waals surface area (Å²) in [5.41, 5.74) is 4.84. The van der Waals surface area contributed by atoms with E-state index in [1.54, 1.807) is 6.92 Å². The number of nitrogens with zero attached hydrogens (tertiary/aromatic N) is 1. The number of nitrogens with two attached hydrogens (primary N) is 1. The minimum Gasteiger partial charge on any atom is -0.398 e. The molecule has 1 aromatic carbocycles. The monoisotopic (exact) mass is 297 g/mol. The first-order valence-electron chi connectivity index (χ1n) is 6.23. The standard InChI is InChI=1S/C13H19N3O3S/c1-3-6-13(2,17)9-16-20(18,19)12-5-4-10(8-14)7-11(12)15/h4-5,7,16-17H,3,6,9,15H2,1-2H3. The SMILES string of the molecule is CCCC(C)(O)CNS(=O)(=O)c1ccc(C#N)cc1N. The van der Waals surface area contributed by atoms with E-state index in [9.17, 15) is 13.5 Å². The molecule has 0 fully saturated rings. The van der Waals surface area contributed by atoms with Gasteiger partial charge >= 0.3 is 0 Å². The van der Waals surface area contributed by atoms with Crippen LogP contribution in [-0.4, -0.2) is 25.7 Å². The van der Waals surface area contributed by atoms with E-state index in [0.29, 0.717) is 12.0 Å². The number of sulfonamides is 1. The molecule has 1 atom stereocenters. The first-order valence-corrected chi connectivity index (χ1v) is 7.72. The third kappa shape index (κ3) is 4.20. The van der Waals surface area contributed by atoms with Gasteiger partial charge in [-0.2, -0.15) is 5.26 Å². The Hall–Kier alpha value is -1.62. The fourth-order valence-corrected chi connectivity index (χ4v) is 3.09. The van der Waals surface area contributed by atoms with Crippen LogP contribution in [0, 0.1) is 11.3 Å². The fraction of sp³-hybridized carbons (Fsp3) is 0.462. The summed E-state index contributed by atoms with van der Waals surface area (Å²) in [5.74, 6) is 0. The van der Waals surface area contributed by atoms with Gasteiger partial charge in [0.2, 0.25) is 10.0 Å². The first-order chi connectivity index (χ1) is 9.22. The van der Waals surface area contributed by atoms with Crippen molar-refractivity contribution in [2.45, 2.75) is 37.2 Å². The number of aliphatic hydroxyl groups is 1. The Morgan fingerprint density at radius 3 is 2.65 bits per heavy atom. The highest BCUT2D eigenvalue weighted by atomic mass is 32.2. The minimum atomic E-state index is -3.81. The average Bonchev–Trinajstić information content (AvgIpc) is 2.36. The Morgan fingerprint density at radius 1 is 1.50 bits per heavy atom. The predicted octanol–water partition coefficient (Wildman–Crippen LogP) is 0.970. The number of hydrogen-bond acceptors (Lipinski definition) is 5. The maximum Gasteiger partial charge on any atom is 0.242 e. The first kappa shape index (κ1) is 16.4. The Kier molecular flexibility index (Phi) is 5.11. The lowest BCUT2D eigenvalue weighted by Crippen LogP contribution is -2.40. The second kappa shape index (κ2) is 6.22. The van der Waals surface area contributed by atoms with Crippen LogP contribution in [-0.2, 0) is 10.0 Å². The number of nitrogen functional groups attached to an aromatic ring is 1. The van der Waals surface area contributed by atoms with Gasteiger partial charge < -0.3 is 10.8 Å². The minimum absolute atomic E-state index is 0.00619. The second-order valence-electron chi connectivity index (χ2n) is 4.94. The summed E-state index contributed by atoms with van der Waals surface area (Å²) >= 11 is 0. The Balaban J connectivity index is 2.93. The summed E-state index contributed by atoms with van der Waals surface area (Å²) in [7, 11) is -3.81. The summed E-state index contributed by atoms with van der Waals surface area (Å²) in [6.07, 6.45) is 1.23. The van der Waals surface area contributed by atoms with Crippen LogP contribution in [0.1, 0.15) is 32.3 Å². The molecule has 0 heterocycles. The molecule has 0 saturated heterocycles. The smallest absolute Gasteiger partial charge is 0.242 e. The topological polar surface area (TPSA) is 116 Å². The number of nitrogens with one attached hydrogen (secondary N) is 1. The molecule has 110 valence electrons. The van der Waals surface area contributed by atoms with Gasteiger partial charge in [-0.25, -0.2) is 13.1 Å². The highest BCUT2D eigenvalue weighted by Gasteiger charge is 2.24. The zero-order chi connectivity index (χ0) is 15.4. The molecule has 0 bridgehead atoms. The summed E-state index contributed by atoms with van der Waals surface area (Å²) in [6.45, 7) is 3.38. The third-order valence-electron chi connectivity index (χ3n) is 2.86. The molecule has 0 spiro atoms. The van der Waals surface area contributed by atoms with Crippen LogP contribution in [0.5, 0.6) is 0 Å². The zero-order valence-corrected chi connectivity index (χ0v) is 12.4. The number of anilines is 1. The van der Waals surface area contributed by atoms with Gasteiger partial charge in [0.15, 0.2) is 0 Å². The molecule has 1 unspecified atom stereocenters. The highest BCUT2D eigenvalue weighted by molar-refractivity contribution is 7.89. The molecule has 0 aromatic heterocycles. The molecule has 0 radical (unpaired) electrons. The van der Waals surface area contributed by atoms with Crippen molar-refractivity contribution in [3.63, 3.8) is 0 Å². The highest BCUT2D eigenvalue weighted by Crippen LogP contribution is 2.20. The van der Waals surface area contributed by atoms with Crippen molar-refractivity contribution in [1.82, 2.24) is 4.72 Å². The average molecular weight is 297 g/mol. The lowest BCUT2D eigenvalue weighted by Gasteiger charge is -2.23. The molecule has 7 heteroatoms. The van der Waals surface area contributed by atoms with Crippen molar-refractivity contribution in [3.8, 4) is 6.07 Å². The Morgan fingerprint density at radius 2 is 2.15 bits per heavy atom. The fourth-order valence-electron chi connectivity index (χ4n) is 1.82. The zero-order valence-electron chi connectivity index (χ0n) is 11.5. The summed E-state index contributed by atoms with van der Waals surface area (Å²) in [4.78, 5) is -0.0937. The van der Waals surface area contributed by atoms with E-state index in [1.807, 2.05) is 13.0 Å². The van der Waals surface area contributed by atoms with E-state index in [-0.39, 0.29) is 17.1 Å². The van der Waals surface area contributed by atoms with Crippen LogP contribution in [0.15, 0.2) is 23.1 Å². The van der Waals surface area contributed by atoms with E-state index in [0.717, 1.165) is 6.42 Å². The van der Waals surface area contributed by atoms with Gasteiger partial charge in [-0.05, 0) is 31.5 Å². The van der Waals surface area contributed by atoms with Gasteiger partial charge in [0.1, 0.15) is 4.90 Å². The normalized spacial score (nSPS) is 14.5. The number of nitriles is 1. The largest absolute Gasteiger partial charge is 0.398 e. The van der Waals surface area contributed by atoms with Crippen LogP contribution < -0.4 is 10.5 Å². The lowest BCUT2D eigenvalue weighted by molar-refractivity contribution is 0.0554. The molecule has 0 aliphatic carbocycles. The molecule has 0 aliphatic heterocycles. The number of rotatable bonds is 6. The molecule has 6 nitrogen and oxygen atoms in total. The van der Waals surface area contributed by atoms with Gasteiger partial charge in [-0.15, -0.1) is 0 Å². The van der Waals surface area contributed by atoms with Crippen molar-refractivity contribution >= 4 is 15.7 Å². The maximum atomic E-state index is 12.1. The molecule has 1 aromatic rings. The van der Waals surface area contributed by atoms with E-state index in [4.69, 9.17) is 11.0 Å². The van der Waals surface area contributed by atoms with Crippen molar-refractivity contribution in [1.29, 1.82) is 5.26 Å². The lowest BCUT2D eigenvalue weighted by atomic mass is 10.0. The molecule has 4 N–H and O–H groups in total. The van der Waals surface area contributed by atoms with Crippen molar-refractivity contribution in [2.24, 2.45) is 0 Å². The van der Waals surface area contributed by atoms with Gasteiger partial charge in [0.05, 0.1) is 22.9 Å². The number of hydrogen-bond donors (Lipinski definition) is 3. The molecular weight excluding hydrogens is 278 g/mol. The Labute approximate surface area is 119 Å². The van der Waals surface area contributed by atoms with E-state index < -0.39 is 15.6 Å². The second-order valence-corrected chi connectivity index (χ2v) is 6.67. The van der Waals surface area contributed by atoms with E-state index in [2.05, 4.69) is 4.72 Å². The van der Waals surface area contributed by atoms with E-state index in [1.165, 1.54) is 18.2 Å². The molecule has 20 heavy (non-hydrogen) atoms. The van der Waals surface area contributed by atoms with Gasteiger partial charge in [-0.1, -0.05) is 13.3 Å². The van der Waals surface area contributed by atoms with Crippen LogP contribution in [0.2, 0.25) is 0 Å². The molecular formula is C13H19N3O3S. The van der Waals surface area contributed by atoms with Gasteiger partial charge in [0, 0.05) is 6.54 Å². The molecule has 1 rings (SSSR count). The third-order valence-corrected chi connectivity index (χ3v) is 4.34. The van der Waals surface area contributed by atoms with Gasteiger partial charge in [0.25, 0.3) is 0 Å². The Bertz CT molecular complexity index is 618. The van der Waals surface area contributed by atoms with Crippen LogP contribution in [0.3, 0.4) is 0 Å². The predicted molar refractivity (Wildman–Crippen MR) is 76.3 cm³/mol. The maximum absolute atomic E-state index is 12.1. The number of benzene rings is 1. The molecule has 0 aliphatic rings. The van der Waals surface area contributed by atoms with Crippen molar-refractivity contribution < 1.29 is 13.5 Å². The van der Waals surface area contributed by atoms with Gasteiger partial charge in [-0.3, -0.25) is 0 Å². The quantitative estimate of drug-likeness (QED) is 0.676. The van der Waals surface area contributed by atoms with Crippen LogP contribution in [0.4, 0.5) is 5.69 Å². The summed E-state index contributed by atoms with van der Waals surface area (Å²) in [6, 6.07) is 5.86. The van der Waals surface area contributed by atoms with Crippen molar-refractivity contribution in [2.75, 3.05) is 12.3 Å².